The molecule has 0 aromatic heterocycles. The summed E-state index contributed by atoms with van der Waals surface area (Å²) in [4.78, 5) is -0.0287. The Morgan fingerprint density at radius 3 is 2.57 bits per heavy atom. The van der Waals surface area contributed by atoms with E-state index in [1.54, 1.807) is 13.0 Å². The van der Waals surface area contributed by atoms with Crippen LogP contribution in [-0.4, -0.2) is 34.4 Å². The summed E-state index contributed by atoms with van der Waals surface area (Å²) >= 11 is 3.17. The summed E-state index contributed by atoms with van der Waals surface area (Å²) < 4.78 is 66.6. The third-order valence-corrected chi connectivity index (χ3v) is 4.68. The Morgan fingerprint density at radius 1 is 1.38 bits per heavy atom. The zero-order valence-corrected chi connectivity index (χ0v) is 13.4. The first kappa shape index (κ1) is 18.2. The van der Waals surface area contributed by atoms with Gasteiger partial charge in [-0.05, 0) is 40.5 Å². The lowest BCUT2D eigenvalue weighted by molar-refractivity contribution is -0.173. The zero-order valence-electron chi connectivity index (χ0n) is 11.0. The van der Waals surface area contributed by atoms with Crippen LogP contribution in [-0.2, 0) is 14.8 Å². The Labute approximate surface area is 128 Å². The molecule has 1 aromatic carbocycles. The lowest BCUT2D eigenvalue weighted by Gasteiger charge is -2.12. The van der Waals surface area contributed by atoms with Crippen LogP contribution < -0.4 is 10.5 Å². The van der Waals surface area contributed by atoms with Gasteiger partial charge in [-0.25, -0.2) is 13.1 Å². The minimum Gasteiger partial charge on any atom is -0.398 e. The molecule has 0 aliphatic heterocycles. The van der Waals surface area contributed by atoms with Crippen molar-refractivity contribution in [2.24, 2.45) is 0 Å². The molecule has 0 saturated carbocycles. The monoisotopic (exact) mass is 390 g/mol. The molecule has 1 aromatic rings. The van der Waals surface area contributed by atoms with E-state index in [0.29, 0.717) is 10.0 Å². The fourth-order valence-corrected chi connectivity index (χ4v) is 3.20. The second-order valence-corrected chi connectivity index (χ2v) is 6.79. The molecule has 0 fully saturated rings. The Morgan fingerprint density at radius 2 is 2.00 bits per heavy atom. The summed E-state index contributed by atoms with van der Waals surface area (Å²) in [5.41, 5.74) is 6.32. The van der Waals surface area contributed by atoms with Crippen molar-refractivity contribution in [2.45, 2.75) is 18.0 Å². The standard InChI is InChI=1S/C11H14BrF3N2O3S/c1-7-4-8(12)9(16)5-10(7)21(18,19)17-2-3-20-6-11(13,14)15/h4-5,17H,2-3,6,16H2,1H3. The number of nitrogen functional groups attached to an aromatic ring is 1. The van der Waals surface area contributed by atoms with Crippen molar-refractivity contribution in [3.63, 3.8) is 0 Å². The van der Waals surface area contributed by atoms with E-state index in [4.69, 9.17) is 5.73 Å². The summed E-state index contributed by atoms with van der Waals surface area (Å²) in [7, 11) is -3.86. The predicted octanol–water partition coefficient (Wildman–Crippen LogP) is 2.20. The highest BCUT2D eigenvalue weighted by Gasteiger charge is 2.27. The number of sulfonamides is 1. The van der Waals surface area contributed by atoms with Gasteiger partial charge in [0.2, 0.25) is 10.0 Å². The molecule has 0 unspecified atom stereocenters. The van der Waals surface area contributed by atoms with Crippen LogP contribution in [0.3, 0.4) is 0 Å². The number of ether oxygens (including phenoxy) is 1. The molecule has 0 spiro atoms. The first-order valence-electron chi connectivity index (χ1n) is 5.73. The van der Waals surface area contributed by atoms with E-state index in [0.717, 1.165) is 0 Å². The number of benzene rings is 1. The van der Waals surface area contributed by atoms with Crippen LogP contribution in [0.4, 0.5) is 18.9 Å². The first-order valence-corrected chi connectivity index (χ1v) is 8.00. The number of hydrogen-bond donors (Lipinski definition) is 2. The third-order valence-electron chi connectivity index (χ3n) is 2.39. The van der Waals surface area contributed by atoms with Gasteiger partial charge in [-0.15, -0.1) is 0 Å². The maximum atomic E-state index is 12.0. The number of anilines is 1. The van der Waals surface area contributed by atoms with Crippen LogP contribution in [0.15, 0.2) is 21.5 Å². The molecule has 0 heterocycles. The van der Waals surface area contributed by atoms with Gasteiger partial charge in [0.1, 0.15) is 6.61 Å². The normalized spacial score (nSPS) is 12.6. The average molecular weight is 391 g/mol. The molecule has 0 atom stereocenters. The van der Waals surface area contributed by atoms with E-state index in [1.165, 1.54) is 6.07 Å². The van der Waals surface area contributed by atoms with Crippen molar-refractivity contribution in [2.75, 3.05) is 25.5 Å². The third kappa shape index (κ3) is 5.81. The fourth-order valence-electron chi connectivity index (χ4n) is 1.47. The molecular formula is C11H14BrF3N2O3S. The quantitative estimate of drug-likeness (QED) is 0.576. The minimum absolute atomic E-state index is 0.0287. The smallest absolute Gasteiger partial charge is 0.398 e. The van der Waals surface area contributed by atoms with Gasteiger partial charge >= 0.3 is 6.18 Å². The van der Waals surface area contributed by atoms with Gasteiger partial charge < -0.3 is 10.5 Å². The van der Waals surface area contributed by atoms with E-state index in [1.807, 2.05) is 0 Å². The highest BCUT2D eigenvalue weighted by atomic mass is 79.9. The van der Waals surface area contributed by atoms with Crippen molar-refractivity contribution < 1.29 is 26.3 Å². The lowest BCUT2D eigenvalue weighted by atomic mass is 10.2. The summed E-state index contributed by atoms with van der Waals surface area (Å²) in [6, 6.07) is 2.82. The van der Waals surface area contributed by atoms with E-state index in [9.17, 15) is 21.6 Å². The molecule has 3 N–H and O–H groups in total. The summed E-state index contributed by atoms with van der Waals surface area (Å²) in [5, 5.41) is 0. The molecule has 21 heavy (non-hydrogen) atoms. The molecule has 5 nitrogen and oxygen atoms in total. The number of nitrogens with two attached hydrogens (primary N) is 1. The fraction of sp³-hybridized carbons (Fsp3) is 0.455. The van der Waals surface area contributed by atoms with E-state index in [2.05, 4.69) is 25.4 Å². The number of aryl methyl sites for hydroxylation is 1. The van der Waals surface area contributed by atoms with Crippen LogP contribution in [0.1, 0.15) is 5.56 Å². The van der Waals surface area contributed by atoms with Crippen LogP contribution in [0, 0.1) is 6.92 Å². The molecular weight excluding hydrogens is 377 g/mol. The summed E-state index contributed by atoms with van der Waals surface area (Å²) in [6.45, 7) is -0.491. The van der Waals surface area contributed by atoms with Gasteiger partial charge in [0.25, 0.3) is 0 Å². The Balaban J connectivity index is 2.64. The number of rotatable bonds is 6. The van der Waals surface area contributed by atoms with Gasteiger partial charge in [0.05, 0.1) is 11.5 Å². The Kier molecular flexibility index (Phi) is 6.02. The average Bonchev–Trinajstić information content (AvgIpc) is 2.31. The van der Waals surface area contributed by atoms with Crippen molar-refractivity contribution in [3.8, 4) is 0 Å². The maximum Gasteiger partial charge on any atom is 0.411 e. The van der Waals surface area contributed by atoms with Crippen LogP contribution in [0.5, 0.6) is 0 Å². The first-order chi connectivity index (χ1) is 9.53. The second kappa shape index (κ2) is 6.95. The maximum absolute atomic E-state index is 12.0. The van der Waals surface area contributed by atoms with Crippen LogP contribution in [0.25, 0.3) is 0 Å². The van der Waals surface area contributed by atoms with Gasteiger partial charge in [0, 0.05) is 16.7 Å². The summed E-state index contributed by atoms with van der Waals surface area (Å²) in [5.74, 6) is 0. The van der Waals surface area contributed by atoms with E-state index in [-0.39, 0.29) is 23.7 Å². The number of halogens is 4. The molecule has 0 aliphatic carbocycles. The summed E-state index contributed by atoms with van der Waals surface area (Å²) in [6.07, 6.45) is -4.43. The van der Waals surface area contributed by atoms with E-state index < -0.39 is 22.8 Å². The molecule has 120 valence electrons. The van der Waals surface area contributed by atoms with Crippen LogP contribution >= 0.6 is 15.9 Å². The highest BCUT2D eigenvalue weighted by molar-refractivity contribution is 9.10. The Hall–Kier alpha value is -0.840. The van der Waals surface area contributed by atoms with Crippen molar-refractivity contribution in [1.29, 1.82) is 0 Å². The van der Waals surface area contributed by atoms with E-state index >= 15 is 0 Å². The lowest BCUT2D eigenvalue weighted by Crippen LogP contribution is -2.29. The van der Waals surface area contributed by atoms with Gasteiger partial charge in [-0.1, -0.05) is 0 Å². The topological polar surface area (TPSA) is 81.4 Å². The minimum atomic E-state index is -4.43. The van der Waals surface area contributed by atoms with Crippen molar-refractivity contribution in [3.05, 3.63) is 22.2 Å². The molecule has 0 radical (unpaired) electrons. The molecule has 0 aliphatic rings. The molecule has 10 heteroatoms. The Bertz CT molecular complexity index is 605. The van der Waals surface area contributed by atoms with Crippen molar-refractivity contribution >= 4 is 31.6 Å². The van der Waals surface area contributed by atoms with Crippen molar-refractivity contribution in [1.82, 2.24) is 4.72 Å². The molecule has 0 bridgehead atoms. The SMILES string of the molecule is Cc1cc(Br)c(N)cc1S(=O)(=O)NCCOCC(F)(F)F. The second-order valence-electron chi connectivity index (χ2n) is 4.20. The number of hydrogen-bond acceptors (Lipinski definition) is 4. The van der Waals surface area contributed by atoms with Gasteiger partial charge in [0.15, 0.2) is 0 Å². The molecule has 1 rings (SSSR count). The largest absolute Gasteiger partial charge is 0.411 e. The highest BCUT2D eigenvalue weighted by Crippen LogP contribution is 2.26. The van der Waals surface area contributed by atoms with Gasteiger partial charge in [-0.3, -0.25) is 0 Å². The molecule has 0 saturated heterocycles. The zero-order chi connectivity index (χ0) is 16.3. The molecule has 0 amide bonds. The van der Waals surface area contributed by atoms with Crippen LogP contribution in [0.2, 0.25) is 0 Å². The number of alkyl halides is 3. The number of nitrogens with one attached hydrogen (secondary N) is 1. The van der Waals surface area contributed by atoms with Gasteiger partial charge in [-0.2, -0.15) is 13.2 Å². The predicted molar refractivity (Wildman–Crippen MR) is 75.4 cm³/mol.